The first-order chi connectivity index (χ1) is 13.3. The van der Waals surface area contributed by atoms with E-state index in [1.165, 1.54) is 5.56 Å². The van der Waals surface area contributed by atoms with E-state index in [2.05, 4.69) is 36.2 Å². The van der Waals surface area contributed by atoms with Gasteiger partial charge in [0.2, 0.25) is 0 Å². The fourth-order valence-electron chi connectivity index (χ4n) is 2.96. The van der Waals surface area contributed by atoms with Gasteiger partial charge in [-0.3, -0.25) is 9.48 Å². The van der Waals surface area contributed by atoms with Crippen LogP contribution in [0.15, 0.2) is 42.7 Å². The van der Waals surface area contributed by atoms with E-state index in [4.69, 9.17) is 4.74 Å². The molecule has 0 unspecified atom stereocenters. The zero-order valence-corrected chi connectivity index (χ0v) is 17.1. The number of amides is 1. The number of carbonyl (C=O) groups excluding carboxylic acids is 1. The molecule has 2 aromatic heterocycles. The molecular weight excluding hydrogens is 354 g/mol. The maximum atomic E-state index is 12.6. The molecule has 0 saturated heterocycles. The molecular formula is C21H27N5O2. The highest BCUT2D eigenvalue weighted by atomic mass is 16.5. The minimum atomic E-state index is -0.136. The summed E-state index contributed by atoms with van der Waals surface area (Å²) < 4.78 is 9.13. The first kappa shape index (κ1) is 19.7. The van der Waals surface area contributed by atoms with Crippen molar-refractivity contribution < 1.29 is 9.53 Å². The van der Waals surface area contributed by atoms with Crippen molar-refractivity contribution in [2.24, 2.45) is 7.05 Å². The van der Waals surface area contributed by atoms with Crippen molar-refractivity contribution in [1.82, 2.24) is 24.5 Å². The van der Waals surface area contributed by atoms with E-state index in [-0.39, 0.29) is 12.6 Å². The predicted molar refractivity (Wildman–Crippen MR) is 107 cm³/mol. The second kappa shape index (κ2) is 8.29. The topological polar surface area (TPSA) is 65.2 Å². The smallest absolute Gasteiger partial charge is 0.274 e. The Morgan fingerprint density at radius 2 is 1.89 bits per heavy atom. The van der Waals surface area contributed by atoms with Gasteiger partial charge in [0.05, 0.1) is 5.69 Å². The molecule has 28 heavy (non-hydrogen) atoms. The summed E-state index contributed by atoms with van der Waals surface area (Å²) in [5.41, 5.74) is 3.60. The lowest BCUT2D eigenvalue weighted by Gasteiger charge is -2.15. The first-order valence-corrected chi connectivity index (χ1v) is 9.34. The quantitative estimate of drug-likeness (QED) is 0.629. The normalized spacial score (nSPS) is 11.1. The highest BCUT2D eigenvalue weighted by molar-refractivity contribution is 5.91. The van der Waals surface area contributed by atoms with Gasteiger partial charge in [0.1, 0.15) is 5.75 Å². The fraction of sp³-hybridized carbons (Fsp3) is 0.381. The van der Waals surface area contributed by atoms with Crippen LogP contribution in [0.25, 0.3) is 0 Å². The molecule has 0 fully saturated rings. The third-order valence-corrected chi connectivity index (χ3v) is 4.64. The number of benzene rings is 1. The van der Waals surface area contributed by atoms with Crippen LogP contribution < -0.4 is 4.74 Å². The van der Waals surface area contributed by atoms with Gasteiger partial charge in [-0.25, -0.2) is 4.68 Å². The van der Waals surface area contributed by atoms with Crippen molar-refractivity contribution in [3.05, 3.63) is 65.2 Å². The van der Waals surface area contributed by atoms with Gasteiger partial charge in [0, 0.05) is 38.6 Å². The molecule has 1 aromatic carbocycles. The molecule has 0 saturated carbocycles. The van der Waals surface area contributed by atoms with Crippen LogP contribution in [-0.2, 0) is 20.3 Å². The van der Waals surface area contributed by atoms with Crippen molar-refractivity contribution in [3.63, 3.8) is 0 Å². The van der Waals surface area contributed by atoms with Gasteiger partial charge in [-0.05, 0) is 36.6 Å². The molecule has 0 atom stereocenters. The Morgan fingerprint density at radius 1 is 1.18 bits per heavy atom. The largest absolute Gasteiger partial charge is 0.471 e. The van der Waals surface area contributed by atoms with Crippen LogP contribution in [-0.4, -0.2) is 37.4 Å². The van der Waals surface area contributed by atoms with Crippen LogP contribution in [0.2, 0.25) is 0 Å². The van der Waals surface area contributed by atoms with Crippen LogP contribution in [0.1, 0.15) is 47.1 Å². The number of hydrogen-bond acceptors (Lipinski definition) is 4. The Morgan fingerprint density at radius 3 is 2.50 bits per heavy atom. The van der Waals surface area contributed by atoms with E-state index in [9.17, 15) is 4.79 Å². The van der Waals surface area contributed by atoms with Gasteiger partial charge in [0.15, 0.2) is 12.4 Å². The summed E-state index contributed by atoms with van der Waals surface area (Å²) in [4.78, 5) is 14.3. The molecule has 3 aromatic rings. The number of ether oxygens (including phenoxy) is 1. The number of carbonyl (C=O) groups is 1. The molecule has 7 heteroatoms. The Bertz CT molecular complexity index is 940. The Hall–Kier alpha value is -3.09. The van der Waals surface area contributed by atoms with Gasteiger partial charge in [-0.1, -0.05) is 26.0 Å². The predicted octanol–water partition coefficient (Wildman–Crippen LogP) is 3.36. The van der Waals surface area contributed by atoms with E-state index in [0.29, 0.717) is 18.2 Å². The summed E-state index contributed by atoms with van der Waals surface area (Å²) in [6.07, 6.45) is 3.68. The van der Waals surface area contributed by atoms with Crippen LogP contribution in [0.5, 0.6) is 5.75 Å². The summed E-state index contributed by atoms with van der Waals surface area (Å²) in [5, 5.41) is 8.65. The number of rotatable bonds is 7. The minimum absolute atomic E-state index is 0.136. The van der Waals surface area contributed by atoms with Crippen molar-refractivity contribution in [3.8, 4) is 5.75 Å². The highest BCUT2D eigenvalue weighted by Crippen LogP contribution is 2.19. The summed E-state index contributed by atoms with van der Waals surface area (Å²) in [6, 6.07) is 9.74. The third-order valence-electron chi connectivity index (χ3n) is 4.64. The summed E-state index contributed by atoms with van der Waals surface area (Å²) in [5.74, 6) is 1.13. The summed E-state index contributed by atoms with van der Waals surface area (Å²) in [6.45, 7) is 6.99. The highest BCUT2D eigenvalue weighted by Gasteiger charge is 2.17. The van der Waals surface area contributed by atoms with Gasteiger partial charge >= 0.3 is 0 Å². The number of aromatic nitrogens is 4. The maximum absolute atomic E-state index is 12.6. The molecule has 0 N–H and O–H groups in total. The molecule has 7 nitrogen and oxygen atoms in total. The van der Waals surface area contributed by atoms with Crippen LogP contribution in [0, 0.1) is 6.92 Å². The van der Waals surface area contributed by atoms with E-state index in [1.54, 1.807) is 33.6 Å². The molecule has 0 radical (unpaired) electrons. The van der Waals surface area contributed by atoms with Crippen molar-refractivity contribution >= 4 is 5.91 Å². The molecule has 148 valence electrons. The monoisotopic (exact) mass is 381 g/mol. The fourth-order valence-corrected chi connectivity index (χ4v) is 2.96. The lowest BCUT2D eigenvalue weighted by Crippen LogP contribution is -2.27. The van der Waals surface area contributed by atoms with E-state index in [1.807, 2.05) is 32.3 Å². The van der Waals surface area contributed by atoms with Crippen molar-refractivity contribution in [1.29, 1.82) is 0 Å². The summed E-state index contributed by atoms with van der Waals surface area (Å²) in [7, 11) is 3.64. The first-order valence-electron chi connectivity index (χ1n) is 9.34. The van der Waals surface area contributed by atoms with E-state index in [0.717, 1.165) is 17.0 Å². The average Bonchev–Trinajstić information content (AvgIpc) is 3.26. The minimum Gasteiger partial charge on any atom is -0.471 e. The van der Waals surface area contributed by atoms with E-state index < -0.39 is 0 Å². The van der Waals surface area contributed by atoms with Gasteiger partial charge in [-0.2, -0.15) is 10.2 Å². The van der Waals surface area contributed by atoms with Crippen molar-refractivity contribution in [2.75, 3.05) is 7.05 Å². The van der Waals surface area contributed by atoms with Gasteiger partial charge in [-0.15, -0.1) is 0 Å². The Labute approximate surface area is 165 Å². The molecule has 0 aliphatic rings. The molecule has 0 aliphatic heterocycles. The zero-order chi connectivity index (χ0) is 20.3. The molecule has 3 rings (SSSR count). The van der Waals surface area contributed by atoms with Crippen LogP contribution in [0.4, 0.5) is 0 Å². The number of nitrogens with zero attached hydrogens (tertiary/aromatic N) is 5. The molecule has 0 spiro atoms. The lowest BCUT2D eigenvalue weighted by atomic mass is 10.0. The van der Waals surface area contributed by atoms with Gasteiger partial charge in [0.25, 0.3) is 5.91 Å². The summed E-state index contributed by atoms with van der Waals surface area (Å²) >= 11 is 0. The van der Waals surface area contributed by atoms with Crippen LogP contribution >= 0.6 is 0 Å². The lowest BCUT2D eigenvalue weighted by molar-refractivity contribution is 0.0777. The van der Waals surface area contributed by atoms with Gasteiger partial charge < -0.3 is 9.64 Å². The zero-order valence-electron chi connectivity index (χ0n) is 17.1. The number of aryl methyl sites for hydroxylation is 2. The molecule has 2 heterocycles. The Kier molecular flexibility index (Phi) is 5.82. The Balaban J connectivity index is 1.58. The molecule has 0 bridgehead atoms. The van der Waals surface area contributed by atoms with Crippen molar-refractivity contribution in [2.45, 2.75) is 40.0 Å². The second-order valence-corrected chi connectivity index (χ2v) is 7.31. The van der Waals surface area contributed by atoms with Crippen LogP contribution in [0.3, 0.4) is 0 Å². The third kappa shape index (κ3) is 4.60. The number of hydrogen-bond donors (Lipinski definition) is 0. The van der Waals surface area contributed by atoms with E-state index >= 15 is 0 Å². The average molecular weight is 381 g/mol. The SMILES string of the molecule is Cc1nn(C)cc1CN(C)C(=O)c1ccn(COc2ccc(C(C)C)cc2)n1. The maximum Gasteiger partial charge on any atom is 0.274 e. The molecule has 1 amide bonds. The molecule has 0 aliphatic carbocycles. The second-order valence-electron chi connectivity index (χ2n) is 7.31. The standard InChI is InChI=1S/C21H27N5O2/c1-15(2)17-6-8-19(9-7-17)28-14-26-11-10-20(23-26)21(27)24(4)12-18-13-25(5)22-16(18)3/h6-11,13,15H,12,14H2,1-5H3.